The van der Waals surface area contributed by atoms with Crippen molar-refractivity contribution in [2.24, 2.45) is 0 Å². The molecule has 0 atom stereocenters. The number of rotatable bonds is 1. The smallest absolute Gasteiger partial charge is 0.302 e. The Morgan fingerprint density at radius 1 is 1.67 bits per heavy atom. The van der Waals surface area contributed by atoms with Gasteiger partial charge in [0.05, 0.1) is 0 Å². The van der Waals surface area contributed by atoms with E-state index in [0.717, 1.165) is 0 Å². The van der Waals surface area contributed by atoms with Crippen LogP contribution in [0, 0.1) is 0 Å². The third-order valence-electron chi connectivity index (χ3n) is 1.49. The van der Waals surface area contributed by atoms with Crippen molar-refractivity contribution in [3.63, 3.8) is 0 Å². The summed E-state index contributed by atoms with van der Waals surface area (Å²) in [4.78, 5) is 28.7. The van der Waals surface area contributed by atoms with Crippen molar-refractivity contribution < 1.29 is 4.79 Å². The number of H-pyrrole nitrogens is 1. The van der Waals surface area contributed by atoms with Crippen LogP contribution in [0.3, 0.4) is 0 Å². The van der Waals surface area contributed by atoms with Gasteiger partial charge in [0.15, 0.2) is 0 Å². The van der Waals surface area contributed by atoms with E-state index in [1.165, 1.54) is 18.0 Å². The van der Waals surface area contributed by atoms with E-state index in [9.17, 15) is 9.59 Å². The lowest BCUT2D eigenvalue weighted by Crippen LogP contribution is -2.26. The molecule has 0 spiro atoms. The van der Waals surface area contributed by atoms with Crippen LogP contribution in [0.5, 0.6) is 0 Å². The van der Waals surface area contributed by atoms with Gasteiger partial charge in [-0.1, -0.05) is 0 Å². The molecule has 1 rings (SSSR count). The fourth-order valence-corrected chi connectivity index (χ4v) is 0.724. The Morgan fingerprint density at radius 3 is 2.83 bits per heavy atom. The largest absolute Gasteiger partial charge is 0.346 e. The van der Waals surface area contributed by atoms with Crippen LogP contribution in [-0.4, -0.2) is 22.9 Å². The van der Waals surface area contributed by atoms with Crippen LogP contribution in [0.2, 0.25) is 0 Å². The summed E-state index contributed by atoms with van der Waals surface area (Å²) in [7, 11) is 1.58. The standard InChI is InChI=1S/C7H9N3O2/c1-5(11)10(2)6-3-4-8-7(12)9-6/h3-4H,1-2H3,(H,8,9,12). The number of nitrogens with one attached hydrogen (secondary N) is 1. The molecular weight excluding hydrogens is 158 g/mol. The zero-order valence-electron chi connectivity index (χ0n) is 6.87. The van der Waals surface area contributed by atoms with E-state index in [1.807, 2.05) is 0 Å². The van der Waals surface area contributed by atoms with Crippen LogP contribution in [0.1, 0.15) is 6.92 Å². The summed E-state index contributed by atoms with van der Waals surface area (Å²) in [5.41, 5.74) is -0.458. The summed E-state index contributed by atoms with van der Waals surface area (Å²) in [6.45, 7) is 1.42. The average molecular weight is 167 g/mol. The lowest BCUT2D eigenvalue weighted by atomic mass is 10.5. The quantitative estimate of drug-likeness (QED) is 0.627. The first-order valence-electron chi connectivity index (χ1n) is 3.41. The SMILES string of the molecule is CC(=O)N(C)c1ccnc(=O)[nH]1. The highest BCUT2D eigenvalue weighted by Crippen LogP contribution is 2.02. The van der Waals surface area contributed by atoms with Crippen molar-refractivity contribution in [1.82, 2.24) is 9.97 Å². The molecule has 1 heterocycles. The van der Waals surface area contributed by atoms with Crippen LogP contribution in [0.4, 0.5) is 5.82 Å². The number of anilines is 1. The van der Waals surface area contributed by atoms with Gasteiger partial charge >= 0.3 is 5.69 Å². The number of nitrogens with zero attached hydrogens (tertiary/aromatic N) is 2. The second-order valence-corrected chi connectivity index (χ2v) is 2.34. The van der Waals surface area contributed by atoms with Crippen LogP contribution in [0.25, 0.3) is 0 Å². The zero-order chi connectivity index (χ0) is 9.14. The van der Waals surface area contributed by atoms with Crippen molar-refractivity contribution in [3.05, 3.63) is 22.7 Å². The number of carbonyl (C=O) groups excluding carboxylic acids is 1. The first-order valence-corrected chi connectivity index (χ1v) is 3.41. The zero-order valence-corrected chi connectivity index (χ0v) is 6.87. The molecule has 0 radical (unpaired) electrons. The molecule has 0 saturated carbocycles. The van der Waals surface area contributed by atoms with E-state index < -0.39 is 5.69 Å². The molecule has 12 heavy (non-hydrogen) atoms. The van der Waals surface area contributed by atoms with Gasteiger partial charge in [0.1, 0.15) is 5.82 Å². The van der Waals surface area contributed by atoms with E-state index in [1.54, 1.807) is 13.1 Å². The molecule has 1 aromatic rings. The molecule has 0 unspecified atom stereocenters. The summed E-state index contributed by atoms with van der Waals surface area (Å²) in [5, 5.41) is 0. The van der Waals surface area contributed by atoms with E-state index in [4.69, 9.17) is 0 Å². The first-order chi connectivity index (χ1) is 5.61. The minimum atomic E-state index is -0.458. The number of carbonyl (C=O) groups is 1. The van der Waals surface area contributed by atoms with Crippen molar-refractivity contribution in [2.75, 3.05) is 11.9 Å². The molecule has 0 fully saturated rings. The molecule has 0 aliphatic heterocycles. The Kier molecular flexibility index (Phi) is 2.23. The predicted molar refractivity (Wildman–Crippen MR) is 43.9 cm³/mol. The second kappa shape index (κ2) is 3.17. The maximum absolute atomic E-state index is 10.8. The fourth-order valence-electron chi connectivity index (χ4n) is 0.724. The van der Waals surface area contributed by atoms with E-state index >= 15 is 0 Å². The number of hydrogen-bond acceptors (Lipinski definition) is 3. The van der Waals surface area contributed by atoms with Gasteiger partial charge in [-0.15, -0.1) is 0 Å². The third-order valence-corrected chi connectivity index (χ3v) is 1.49. The highest BCUT2D eigenvalue weighted by molar-refractivity contribution is 5.89. The van der Waals surface area contributed by atoms with Gasteiger partial charge in [-0.25, -0.2) is 9.78 Å². The van der Waals surface area contributed by atoms with Gasteiger partial charge in [0.2, 0.25) is 5.91 Å². The molecular formula is C7H9N3O2. The number of amides is 1. The Morgan fingerprint density at radius 2 is 2.33 bits per heavy atom. The summed E-state index contributed by atoms with van der Waals surface area (Å²) in [5.74, 6) is 0.305. The molecule has 1 amide bonds. The van der Waals surface area contributed by atoms with Crippen molar-refractivity contribution in [2.45, 2.75) is 6.92 Å². The van der Waals surface area contributed by atoms with Crippen molar-refractivity contribution in [3.8, 4) is 0 Å². The molecule has 1 N–H and O–H groups in total. The van der Waals surface area contributed by atoms with Crippen molar-refractivity contribution in [1.29, 1.82) is 0 Å². The lowest BCUT2D eigenvalue weighted by Gasteiger charge is -2.12. The minimum Gasteiger partial charge on any atom is -0.302 e. The van der Waals surface area contributed by atoms with Gasteiger partial charge < -0.3 is 4.90 Å². The maximum atomic E-state index is 10.8. The topological polar surface area (TPSA) is 66.1 Å². The molecule has 5 heteroatoms. The fraction of sp³-hybridized carbons (Fsp3) is 0.286. The Bertz CT molecular complexity index is 345. The van der Waals surface area contributed by atoms with Gasteiger partial charge in [-0.3, -0.25) is 9.78 Å². The minimum absolute atomic E-state index is 0.142. The highest BCUT2D eigenvalue weighted by atomic mass is 16.2. The van der Waals surface area contributed by atoms with Gasteiger partial charge in [0, 0.05) is 20.2 Å². The molecule has 5 nitrogen and oxygen atoms in total. The number of aromatic amines is 1. The van der Waals surface area contributed by atoms with Crippen molar-refractivity contribution >= 4 is 11.7 Å². The summed E-state index contributed by atoms with van der Waals surface area (Å²) in [6.07, 6.45) is 1.35. The van der Waals surface area contributed by atoms with Crippen LogP contribution in [-0.2, 0) is 4.79 Å². The van der Waals surface area contributed by atoms with Gasteiger partial charge in [0.25, 0.3) is 0 Å². The first kappa shape index (κ1) is 8.45. The summed E-state index contributed by atoms with van der Waals surface area (Å²) in [6, 6.07) is 1.56. The average Bonchev–Trinajstić information content (AvgIpc) is 2.03. The monoisotopic (exact) mass is 167 g/mol. The Labute approximate surface area is 69.0 Å². The molecule has 0 saturated heterocycles. The number of aromatic nitrogens is 2. The Balaban J connectivity index is 3.03. The molecule has 64 valence electrons. The molecule has 0 bridgehead atoms. The van der Waals surface area contributed by atoms with Crippen LogP contribution >= 0.6 is 0 Å². The van der Waals surface area contributed by atoms with E-state index in [2.05, 4.69) is 9.97 Å². The third kappa shape index (κ3) is 1.69. The van der Waals surface area contributed by atoms with Gasteiger partial charge in [-0.05, 0) is 6.07 Å². The Hall–Kier alpha value is -1.65. The summed E-state index contributed by atoms with van der Waals surface area (Å²) < 4.78 is 0. The lowest BCUT2D eigenvalue weighted by molar-refractivity contribution is -0.116. The normalized spacial score (nSPS) is 9.50. The molecule has 1 aromatic heterocycles. The number of hydrogen-bond donors (Lipinski definition) is 1. The maximum Gasteiger partial charge on any atom is 0.346 e. The molecule has 0 aliphatic rings. The summed E-state index contributed by atoms with van der Waals surface area (Å²) >= 11 is 0. The second-order valence-electron chi connectivity index (χ2n) is 2.34. The van der Waals surface area contributed by atoms with E-state index in [-0.39, 0.29) is 5.91 Å². The van der Waals surface area contributed by atoms with Crippen LogP contribution in [0.15, 0.2) is 17.1 Å². The predicted octanol–water partition coefficient (Wildman–Crippen LogP) is -0.247. The molecule has 0 aromatic carbocycles. The van der Waals surface area contributed by atoms with Gasteiger partial charge in [-0.2, -0.15) is 0 Å². The van der Waals surface area contributed by atoms with E-state index in [0.29, 0.717) is 5.82 Å². The van der Waals surface area contributed by atoms with Crippen LogP contribution < -0.4 is 10.6 Å². The molecule has 0 aliphatic carbocycles. The highest BCUT2D eigenvalue weighted by Gasteiger charge is 2.04.